The number of allylic oxidation sites excluding steroid dienone is 2. The average Bonchev–Trinajstić information content (AvgIpc) is 1.98. The van der Waals surface area contributed by atoms with Gasteiger partial charge in [0.2, 0.25) is 0 Å². The van der Waals surface area contributed by atoms with E-state index in [4.69, 9.17) is 0 Å². The first-order valence-electron chi connectivity index (χ1n) is 4.50. The third-order valence-electron chi connectivity index (χ3n) is 2.05. The van der Waals surface area contributed by atoms with Crippen LogP contribution >= 0.6 is 0 Å². The minimum atomic E-state index is 0.699. The molecule has 1 heteroatoms. The highest BCUT2D eigenvalue weighted by Crippen LogP contribution is 2.16. The third-order valence-corrected chi connectivity index (χ3v) is 2.05. The molecule has 0 fully saturated rings. The highest BCUT2D eigenvalue weighted by molar-refractivity contribution is 5.02. The van der Waals surface area contributed by atoms with Crippen LogP contribution in [-0.4, -0.2) is 19.0 Å². The van der Waals surface area contributed by atoms with Gasteiger partial charge in [0, 0.05) is 19.8 Å². The quantitative estimate of drug-likeness (QED) is 0.603. The summed E-state index contributed by atoms with van der Waals surface area (Å²) in [5.74, 6) is 0.699. The molecule has 0 aliphatic heterocycles. The van der Waals surface area contributed by atoms with E-state index in [1.165, 1.54) is 12.1 Å². The molecule has 0 aromatic heterocycles. The molecule has 0 bridgehead atoms. The van der Waals surface area contributed by atoms with E-state index in [0.717, 1.165) is 6.42 Å². The van der Waals surface area contributed by atoms with E-state index >= 15 is 0 Å². The molecule has 0 amide bonds. The van der Waals surface area contributed by atoms with E-state index in [9.17, 15) is 0 Å². The number of nitrogens with zero attached hydrogens (tertiary/aromatic N) is 1. The van der Waals surface area contributed by atoms with Gasteiger partial charge in [0.25, 0.3) is 0 Å². The van der Waals surface area contributed by atoms with Gasteiger partial charge < -0.3 is 4.90 Å². The number of rotatable bonds is 4. The van der Waals surface area contributed by atoms with E-state index < -0.39 is 0 Å². The molecule has 11 heavy (non-hydrogen) atoms. The molecule has 0 aromatic rings. The summed E-state index contributed by atoms with van der Waals surface area (Å²) in [4.78, 5) is 2.22. The smallest absolute Gasteiger partial charge is 0.0115 e. The van der Waals surface area contributed by atoms with Gasteiger partial charge in [-0.3, -0.25) is 0 Å². The van der Waals surface area contributed by atoms with Crippen LogP contribution in [0.1, 0.15) is 33.6 Å². The fourth-order valence-corrected chi connectivity index (χ4v) is 1.24. The van der Waals surface area contributed by atoms with Gasteiger partial charge >= 0.3 is 0 Å². The summed E-state index contributed by atoms with van der Waals surface area (Å²) in [6, 6.07) is 0. The van der Waals surface area contributed by atoms with E-state index in [1.807, 2.05) is 0 Å². The van der Waals surface area contributed by atoms with Gasteiger partial charge in [0.15, 0.2) is 0 Å². The summed E-state index contributed by atoms with van der Waals surface area (Å²) in [7, 11) is 4.24. The highest BCUT2D eigenvalue weighted by Gasteiger charge is 2.06. The first kappa shape index (κ1) is 10.5. The van der Waals surface area contributed by atoms with Crippen molar-refractivity contribution in [1.29, 1.82) is 0 Å². The Morgan fingerprint density at radius 3 is 2.18 bits per heavy atom. The van der Waals surface area contributed by atoms with Crippen molar-refractivity contribution in [3.05, 3.63) is 11.8 Å². The van der Waals surface area contributed by atoms with Crippen LogP contribution in [0.4, 0.5) is 0 Å². The molecule has 0 spiro atoms. The van der Waals surface area contributed by atoms with E-state index in [0.29, 0.717) is 5.92 Å². The van der Waals surface area contributed by atoms with Crippen LogP contribution in [0.2, 0.25) is 0 Å². The fraction of sp³-hybridized carbons (Fsp3) is 0.800. The summed E-state index contributed by atoms with van der Waals surface area (Å²) < 4.78 is 0. The largest absolute Gasteiger partial charge is 0.381 e. The average molecular weight is 155 g/mol. The summed E-state index contributed by atoms with van der Waals surface area (Å²) in [5.41, 5.74) is 1.47. The maximum Gasteiger partial charge on any atom is 0.0115 e. The molecule has 1 nitrogen and oxygen atoms in total. The second-order valence-electron chi connectivity index (χ2n) is 3.24. The van der Waals surface area contributed by atoms with Crippen molar-refractivity contribution in [2.75, 3.05) is 14.1 Å². The van der Waals surface area contributed by atoms with Crippen LogP contribution in [-0.2, 0) is 0 Å². The van der Waals surface area contributed by atoms with Crippen LogP contribution in [0, 0.1) is 5.92 Å². The van der Waals surface area contributed by atoms with Gasteiger partial charge in [-0.2, -0.15) is 0 Å². The zero-order valence-electron chi connectivity index (χ0n) is 8.52. The Morgan fingerprint density at radius 1 is 1.36 bits per heavy atom. The van der Waals surface area contributed by atoms with Gasteiger partial charge in [-0.1, -0.05) is 26.8 Å². The van der Waals surface area contributed by atoms with E-state index in [1.54, 1.807) is 0 Å². The third kappa shape index (κ3) is 3.45. The predicted octanol–water partition coefficient (Wildman–Crippen LogP) is 2.89. The Balaban J connectivity index is 4.21. The summed E-state index contributed by atoms with van der Waals surface area (Å²) in [6.45, 7) is 6.70. The lowest BCUT2D eigenvalue weighted by atomic mass is 10.0. The van der Waals surface area contributed by atoms with Gasteiger partial charge in [-0.05, 0) is 18.8 Å². The molecule has 0 heterocycles. The van der Waals surface area contributed by atoms with Gasteiger partial charge in [0.1, 0.15) is 0 Å². The lowest BCUT2D eigenvalue weighted by molar-refractivity contribution is 0.422. The fourth-order valence-electron chi connectivity index (χ4n) is 1.24. The van der Waals surface area contributed by atoms with E-state index in [2.05, 4.69) is 45.8 Å². The number of hydrogen-bond acceptors (Lipinski definition) is 1. The first-order valence-corrected chi connectivity index (χ1v) is 4.50. The molecule has 1 atom stereocenters. The van der Waals surface area contributed by atoms with E-state index in [-0.39, 0.29) is 0 Å². The SMILES string of the molecule is CC/C=C(\C(C)CC)N(C)C. The molecule has 0 aliphatic carbocycles. The van der Waals surface area contributed by atoms with Crippen molar-refractivity contribution in [1.82, 2.24) is 4.90 Å². The van der Waals surface area contributed by atoms with Crippen LogP contribution in [0.3, 0.4) is 0 Å². The van der Waals surface area contributed by atoms with Crippen molar-refractivity contribution in [3.63, 3.8) is 0 Å². The Labute approximate surface area is 71.1 Å². The molecule has 0 N–H and O–H groups in total. The standard InChI is InChI=1S/C10H21N/c1-6-8-10(11(4)5)9(3)7-2/h8-9H,6-7H2,1-5H3/b10-8+. The molecule has 66 valence electrons. The molecule has 0 aromatic carbocycles. The van der Waals surface area contributed by atoms with Crippen LogP contribution in [0.5, 0.6) is 0 Å². The van der Waals surface area contributed by atoms with Gasteiger partial charge in [0.05, 0.1) is 0 Å². The molecule has 0 rings (SSSR count). The lowest BCUT2D eigenvalue weighted by Crippen LogP contribution is -2.16. The Morgan fingerprint density at radius 2 is 1.91 bits per heavy atom. The zero-order valence-corrected chi connectivity index (χ0v) is 8.52. The molecular formula is C10H21N. The molecular weight excluding hydrogens is 134 g/mol. The predicted molar refractivity (Wildman–Crippen MR) is 51.5 cm³/mol. The van der Waals surface area contributed by atoms with Crippen molar-refractivity contribution in [2.24, 2.45) is 5.92 Å². The van der Waals surface area contributed by atoms with Crippen molar-refractivity contribution < 1.29 is 0 Å². The maximum atomic E-state index is 2.31. The molecule has 1 unspecified atom stereocenters. The monoisotopic (exact) mass is 155 g/mol. The van der Waals surface area contributed by atoms with Gasteiger partial charge in [-0.25, -0.2) is 0 Å². The maximum absolute atomic E-state index is 2.31. The highest BCUT2D eigenvalue weighted by atomic mass is 15.1. The molecule has 0 aliphatic rings. The first-order chi connectivity index (χ1) is 5.13. The summed E-state index contributed by atoms with van der Waals surface area (Å²) >= 11 is 0. The Hall–Kier alpha value is -0.460. The second kappa shape index (κ2) is 5.22. The lowest BCUT2D eigenvalue weighted by Gasteiger charge is -2.22. The minimum absolute atomic E-state index is 0.699. The Bertz CT molecular complexity index is 125. The van der Waals surface area contributed by atoms with Crippen LogP contribution in [0.25, 0.3) is 0 Å². The minimum Gasteiger partial charge on any atom is -0.381 e. The van der Waals surface area contributed by atoms with Crippen molar-refractivity contribution in [3.8, 4) is 0 Å². The molecule has 0 saturated heterocycles. The molecule has 0 saturated carbocycles. The Kier molecular flexibility index (Phi) is 5.01. The number of hydrogen-bond donors (Lipinski definition) is 0. The zero-order chi connectivity index (χ0) is 8.85. The normalized spacial score (nSPS) is 14.8. The van der Waals surface area contributed by atoms with Gasteiger partial charge in [-0.15, -0.1) is 0 Å². The summed E-state index contributed by atoms with van der Waals surface area (Å²) in [6.07, 6.45) is 4.68. The summed E-state index contributed by atoms with van der Waals surface area (Å²) in [5, 5.41) is 0. The second-order valence-corrected chi connectivity index (χ2v) is 3.24. The van der Waals surface area contributed by atoms with Crippen LogP contribution < -0.4 is 0 Å². The molecule has 0 radical (unpaired) electrons. The topological polar surface area (TPSA) is 3.24 Å². The van der Waals surface area contributed by atoms with Crippen molar-refractivity contribution >= 4 is 0 Å². The van der Waals surface area contributed by atoms with Crippen LogP contribution in [0.15, 0.2) is 11.8 Å². The van der Waals surface area contributed by atoms with Crippen molar-refractivity contribution in [2.45, 2.75) is 33.6 Å².